The summed E-state index contributed by atoms with van der Waals surface area (Å²) in [5.74, 6) is -0.393. The van der Waals surface area contributed by atoms with Gasteiger partial charge in [0.25, 0.3) is 5.91 Å². The number of rotatable bonds is 3. The van der Waals surface area contributed by atoms with Crippen molar-refractivity contribution in [2.45, 2.75) is 33.6 Å². The molecule has 0 saturated heterocycles. The maximum absolute atomic E-state index is 14.1. The number of fused-ring (bicyclic) bond motifs is 1. The zero-order chi connectivity index (χ0) is 18.5. The lowest BCUT2D eigenvalue weighted by Crippen LogP contribution is -2.17. The first-order valence-electron chi connectivity index (χ1n) is 7.97. The summed E-state index contributed by atoms with van der Waals surface area (Å²) in [5, 5.41) is 4.41. The smallest absolute Gasteiger partial charge is 0.254 e. The number of amides is 1. The van der Waals surface area contributed by atoms with Gasteiger partial charge in [0, 0.05) is 17.7 Å². The van der Waals surface area contributed by atoms with Crippen molar-refractivity contribution in [3.8, 4) is 11.1 Å². The molecule has 1 aromatic carbocycles. The Bertz CT molecular complexity index is 1010. The average molecular weight is 341 g/mol. The van der Waals surface area contributed by atoms with Crippen LogP contribution in [0.4, 0.5) is 10.1 Å². The van der Waals surface area contributed by atoms with Crippen LogP contribution in [0.15, 0.2) is 18.3 Å². The molecule has 6 nitrogen and oxygen atoms in total. The van der Waals surface area contributed by atoms with Crippen LogP contribution < -0.4 is 11.5 Å². The zero-order valence-electron chi connectivity index (χ0n) is 14.6. The Balaban J connectivity index is 2.43. The zero-order valence-corrected chi connectivity index (χ0v) is 14.6. The SMILES string of the molecule is Cc1ccc(F)c(C)c1-c1cn2nc(C(C)C)nc2c(C(N)=O)c1N. The van der Waals surface area contributed by atoms with Crippen molar-refractivity contribution in [1.82, 2.24) is 14.6 Å². The molecule has 0 atom stereocenters. The first kappa shape index (κ1) is 16.9. The summed E-state index contributed by atoms with van der Waals surface area (Å²) in [5.41, 5.74) is 14.8. The molecule has 7 heteroatoms. The molecule has 0 radical (unpaired) electrons. The van der Waals surface area contributed by atoms with E-state index in [4.69, 9.17) is 11.5 Å². The summed E-state index contributed by atoms with van der Waals surface area (Å²) in [6.45, 7) is 7.43. The fraction of sp³-hybridized carbons (Fsp3) is 0.278. The van der Waals surface area contributed by atoms with Gasteiger partial charge in [-0.3, -0.25) is 4.79 Å². The number of aryl methyl sites for hydroxylation is 1. The van der Waals surface area contributed by atoms with Crippen molar-refractivity contribution in [2.75, 3.05) is 5.73 Å². The van der Waals surface area contributed by atoms with Gasteiger partial charge in [-0.1, -0.05) is 19.9 Å². The molecule has 2 heterocycles. The van der Waals surface area contributed by atoms with Gasteiger partial charge < -0.3 is 11.5 Å². The number of nitrogens with two attached hydrogens (primary N) is 2. The summed E-state index contributed by atoms with van der Waals surface area (Å²) in [4.78, 5) is 16.4. The van der Waals surface area contributed by atoms with Crippen molar-refractivity contribution in [2.24, 2.45) is 5.73 Å². The number of hydrogen-bond donors (Lipinski definition) is 2. The molecule has 0 unspecified atom stereocenters. The number of carbonyl (C=O) groups excluding carboxylic acids is 1. The Kier molecular flexibility index (Phi) is 3.94. The van der Waals surface area contributed by atoms with E-state index in [1.807, 2.05) is 20.8 Å². The molecule has 0 aliphatic heterocycles. The van der Waals surface area contributed by atoms with Gasteiger partial charge in [0.15, 0.2) is 11.5 Å². The highest BCUT2D eigenvalue weighted by atomic mass is 19.1. The Morgan fingerprint density at radius 1 is 1.28 bits per heavy atom. The van der Waals surface area contributed by atoms with Crippen LogP contribution in [-0.4, -0.2) is 20.5 Å². The van der Waals surface area contributed by atoms with Crippen LogP contribution in [0.5, 0.6) is 0 Å². The summed E-state index contributed by atoms with van der Waals surface area (Å²) < 4.78 is 15.6. The predicted octanol–water partition coefficient (Wildman–Crippen LogP) is 2.96. The second kappa shape index (κ2) is 5.84. The summed E-state index contributed by atoms with van der Waals surface area (Å²) in [6.07, 6.45) is 1.67. The number of primary amides is 1. The van der Waals surface area contributed by atoms with E-state index in [0.717, 1.165) is 5.56 Å². The Morgan fingerprint density at radius 3 is 2.56 bits per heavy atom. The fourth-order valence-electron chi connectivity index (χ4n) is 2.97. The van der Waals surface area contributed by atoms with Gasteiger partial charge >= 0.3 is 0 Å². The molecule has 2 aromatic heterocycles. The van der Waals surface area contributed by atoms with Crippen molar-refractivity contribution in [1.29, 1.82) is 0 Å². The van der Waals surface area contributed by atoms with E-state index in [-0.39, 0.29) is 23.0 Å². The maximum Gasteiger partial charge on any atom is 0.254 e. The van der Waals surface area contributed by atoms with Crippen LogP contribution in [0.1, 0.15) is 47.1 Å². The summed E-state index contributed by atoms with van der Waals surface area (Å²) in [7, 11) is 0. The highest BCUT2D eigenvalue weighted by molar-refractivity contribution is 6.07. The number of anilines is 1. The van der Waals surface area contributed by atoms with Gasteiger partial charge in [0.05, 0.1) is 5.69 Å². The first-order chi connectivity index (χ1) is 11.7. The lowest BCUT2D eigenvalue weighted by molar-refractivity contribution is 0.100. The average Bonchev–Trinajstić information content (AvgIpc) is 2.95. The maximum atomic E-state index is 14.1. The third-order valence-electron chi connectivity index (χ3n) is 4.32. The van der Waals surface area contributed by atoms with E-state index < -0.39 is 5.91 Å². The quantitative estimate of drug-likeness (QED) is 0.765. The number of benzene rings is 1. The van der Waals surface area contributed by atoms with E-state index in [0.29, 0.717) is 28.2 Å². The second-order valence-corrected chi connectivity index (χ2v) is 6.45. The van der Waals surface area contributed by atoms with E-state index in [9.17, 15) is 9.18 Å². The van der Waals surface area contributed by atoms with Crippen LogP contribution in [0.3, 0.4) is 0 Å². The standard InChI is InChI=1S/C18H20FN5O/c1-8(2)17-22-18-14(16(21)25)15(20)11(7-24(18)23-17)13-9(3)5-6-12(19)10(13)4/h5-8H,20H2,1-4H3,(H2,21,25). The lowest BCUT2D eigenvalue weighted by atomic mass is 9.94. The first-order valence-corrected chi connectivity index (χ1v) is 7.97. The molecule has 3 aromatic rings. The third-order valence-corrected chi connectivity index (χ3v) is 4.32. The van der Waals surface area contributed by atoms with Crippen molar-refractivity contribution in [3.05, 3.63) is 46.7 Å². The van der Waals surface area contributed by atoms with Gasteiger partial charge in [-0.15, -0.1) is 0 Å². The normalized spacial score (nSPS) is 11.4. The molecule has 25 heavy (non-hydrogen) atoms. The highest BCUT2D eigenvalue weighted by Gasteiger charge is 2.23. The van der Waals surface area contributed by atoms with Crippen LogP contribution in [0.25, 0.3) is 16.8 Å². The number of nitrogens with zero attached hydrogens (tertiary/aromatic N) is 3. The number of hydrogen-bond acceptors (Lipinski definition) is 4. The van der Waals surface area contributed by atoms with Crippen LogP contribution >= 0.6 is 0 Å². The molecular formula is C18H20FN5O. The minimum absolute atomic E-state index is 0.0722. The third kappa shape index (κ3) is 2.61. The van der Waals surface area contributed by atoms with E-state index in [1.54, 1.807) is 19.2 Å². The number of nitrogen functional groups attached to an aromatic ring is 1. The number of halogens is 1. The van der Waals surface area contributed by atoms with Crippen molar-refractivity contribution >= 4 is 17.2 Å². The predicted molar refractivity (Wildman–Crippen MR) is 94.9 cm³/mol. The van der Waals surface area contributed by atoms with Crippen LogP contribution in [-0.2, 0) is 0 Å². The largest absolute Gasteiger partial charge is 0.397 e. The van der Waals surface area contributed by atoms with E-state index >= 15 is 0 Å². The minimum atomic E-state index is -0.696. The van der Waals surface area contributed by atoms with Crippen molar-refractivity contribution < 1.29 is 9.18 Å². The summed E-state index contributed by atoms with van der Waals surface area (Å²) >= 11 is 0. The van der Waals surface area contributed by atoms with Crippen molar-refractivity contribution in [3.63, 3.8) is 0 Å². The number of carbonyl (C=O) groups is 1. The Hall–Kier alpha value is -2.96. The molecule has 0 saturated carbocycles. The molecule has 0 fully saturated rings. The Labute approximate surface area is 144 Å². The van der Waals surface area contributed by atoms with Gasteiger partial charge in [-0.05, 0) is 36.6 Å². The monoisotopic (exact) mass is 341 g/mol. The van der Waals surface area contributed by atoms with E-state index in [1.165, 1.54) is 10.6 Å². The molecule has 1 amide bonds. The van der Waals surface area contributed by atoms with Gasteiger partial charge in [0.2, 0.25) is 0 Å². The molecular weight excluding hydrogens is 321 g/mol. The lowest BCUT2D eigenvalue weighted by Gasteiger charge is -2.15. The summed E-state index contributed by atoms with van der Waals surface area (Å²) in [6, 6.07) is 3.08. The van der Waals surface area contributed by atoms with Gasteiger partial charge in [-0.2, -0.15) is 5.10 Å². The molecule has 0 spiro atoms. The minimum Gasteiger partial charge on any atom is -0.397 e. The molecule has 0 aliphatic rings. The van der Waals surface area contributed by atoms with Crippen LogP contribution in [0.2, 0.25) is 0 Å². The topological polar surface area (TPSA) is 99.3 Å². The van der Waals surface area contributed by atoms with E-state index in [2.05, 4.69) is 10.1 Å². The molecule has 130 valence electrons. The highest BCUT2D eigenvalue weighted by Crippen LogP contribution is 2.35. The second-order valence-electron chi connectivity index (χ2n) is 6.45. The number of pyridine rings is 1. The molecule has 3 rings (SSSR count). The molecule has 0 aliphatic carbocycles. The molecule has 0 bridgehead atoms. The van der Waals surface area contributed by atoms with Crippen LogP contribution in [0, 0.1) is 19.7 Å². The fourth-order valence-corrected chi connectivity index (χ4v) is 2.97. The van der Waals surface area contributed by atoms with Gasteiger partial charge in [-0.25, -0.2) is 13.9 Å². The molecule has 4 N–H and O–H groups in total. The van der Waals surface area contributed by atoms with Gasteiger partial charge in [0.1, 0.15) is 11.4 Å². The number of aromatic nitrogens is 3. The Morgan fingerprint density at radius 2 is 1.96 bits per heavy atom.